The number of hydrogen-bond acceptors (Lipinski definition) is 2. The van der Waals surface area contributed by atoms with Crippen molar-refractivity contribution in [2.24, 2.45) is 0 Å². The third-order valence-corrected chi connectivity index (χ3v) is 2.43. The maximum Gasteiger partial charge on any atom is 0.411 e. The van der Waals surface area contributed by atoms with E-state index in [9.17, 15) is 4.79 Å². The summed E-state index contributed by atoms with van der Waals surface area (Å²) in [6, 6.07) is 0. The number of amides is 1. The Morgan fingerprint density at radius 1 is 1.92 bits per heavy atom. The molecule has 0 radical (unpaired) electrons. The van der Waals surface area contributed by atoms with Crippen LogP contribution in [0.25, 0.3) is 0 Å². The molecule has 0 aromatic heterocycles. The van der Waals surface area contributed by atoms with E-state index in [4.69, 9.17) is 27.9 Å². The Labute approximate surface area is 80.9 Å². The first-order chi connectivity index (χ1) is 5.66. The van der Waals surface area contributed by atoms with Crippen LogP contribution >= 0.6 is 23.2 Å². The SMILES string of the molecule is CCOC(=O)N1CC=C(Cl)C1Cl. The second-order valence-electron chi connectivity index (χ2n) is 2.28. The van der Waals surface area contributed by atoms with Crippen molar-refractivity contribution in [2.75, 3.05) is 13.2 Å². The van der Waals surface area contributed by atoms with E-state index in [0.717, 1.165) is 0 Å². The zero-order valence-corrected chi connectivity index (χ0v) is 8.10. The molecule has 0 saturated heterocycles. The number of rotatable bonds is 1. The van der Waals surface area contributed by atoms with Crippen LogP contribution in [0.2, 0.25) is 0 Å². The molecule has 0 saturated carbocycles. The second-order valence-corrected chi connectivity index (χ2v) is 3.13. The molecule has 5 heteroatoms. The summed E-state index contributed by atoms with van der Waals surface area (Å²) in [5.74, 6) is 0. The van der Waals surface area contributed by atoms with Crippen LogP contribution in [0, 0.1) is 0 Å². The van der Waals surface area contributed by atoms with Gasteiger partial charge < -0.3 is 4.74 Å². The van der Waals surface area contributed by atoms with Crippen molar-refractivity contribution >= 4 is 29.3 Å². The summed E-state index contributed by atoms with van der Waals surface area (Å²) in [5, 5.41) is 0.477. The third kappa shape index (κ3) is 1.84. The van der Waals surface area contributed by atoms with Crippen molar-refractivity contribution in [1.82, 2.24) is 4.90 Å². The predicted molar refractivity (Wildman–Crippen MR) is 47.3 cm³/mol. The van der Waals surface area contributed by atoms with Gasteiger partial charge in [-0.1, -0.05) is 23.2 Å². The van der Waals surface area contributed by atoms with Gasteiger partial charge in [-0.05, 0) is 13.0 Å². The molecule has 0 aliphatic carbocycles. The topological polar surface area (TPSA) is 29.5 Å². The Hall–Kier alpha value is -0.410. The van der Waals surface area contributed by atoms with Gasteiger partial charge in [-0.3, -0.25) is 4.90 Å². The number of nitrogens with zero attached hydrogens (tertiary/aromatic N) is 1. The highest BCUT2D eigenvalue weighted by Crippen LogP contribution is 2.25. The van der Waals surface area contributed by atoms with E-state index < -0.39 is 11.6 Å². The van der Waals surface area contributed by atoms with E-state index >= 15 is 0 Å². The Kier molecular flexibility index (Phi) is 3.23. The highest BCUT2D eigenvalue weighted by atomic mass is 35.5. The van der Waals surface area contributed by atoms with Gasteiger partial charge in [0, 0.05) is 6.54 Å². The van der Waals surface area contributed by atoms with Gasteiger partial charge in [0.15, 0.2) is 0 Å². The highest BCUT2D eigenvalue weighted by molar-refractivity contribution is 6.38. The zero-order chi connectivity index (χ0) is 9.14. The molecule has 3 nitrogen and oxygen atoms in total. The van der Waals surface area contributed by atoms with Crippen LogP contribution < -0.4 is 0 Å². The molecular weight excluding hydrogens is 201 g/mol. The maximum absolute atomic E-state index is 11.1. The van der Waals surface area contributed by atoms with Gasteiger partial charge in [-0.2, -0.15) is 0 Å². The molecule has 1 aliphatic heterocycles. The van der Waals surface area contributed by atoms with Crippen LogP contribution in [0.4, 0.5) is 4.79 Å². The van der Waals surface area contributed by atoms with Crippen molar-refractivity contribution in [3.63, 3.8) is 0 Å². The van der Waals surface area contributed by atoms with Crippen molar-refractivity contribution < 1.29 is 9.53 Å². The molecule has 12 heavy (non-hydrogen) atoms. The van der Waals surface area contributed by atoms with E-state index in [-0.39, 0.29) is 0 Å². The van der Waals surface area contributed by atoms with Crippen molar-refractivity contribution in [3.05, 3.63) is 11.1 Å². The second kappa shape index (κ2) is 4.01. The third-order valence-electron chi connectivity index (χ3n) is 1.49. The van der Waals surface area contributed by atoms with Crippen LogP contribution in [-0.4, -0.2) is 29.6 Å². The van der Waals surface area contributed by atoms with Gasteiger partial charge in [0.25, 0.3) is 0 Å². The van der Waals surface area contributed by atoms with Crippen LogP contribution in [0.1, 0.15) is 6.92 Å². The fourth-order valence-corrected chi connectivity index (χ4v) is 1.33. The minimum absolute atomic E-state index is 0.344. The Morgan fingerprint density at radius 3 is 3.00 bits per heavy atom. The van der Waals surface area contributed by atoms with Crippen LogP contribution in [0.15, 0.2) is 11.1 Å². The van der Waals surface area contributed by atoms with E-state index in [2.05, 4.69) is 0 Å². The molecule has 1 amide bonds. The monoisotopic (exact) mass is 209 g/mol. The summed E-state index contributed by atoms with van der Waals surface area (Å²) in [6.45, 7) is 2.51. The van der Waals surface area contributed by atoms with E-state index in [0.29, 0.717) is 18.2 Å². The lowest BCUT2D eigenvalue weighted by atomic mass is 10.6. The number of alkyl halides is 1. The van der Waals surface area contributed by atoms with Gasteiger partial charge in [0.1, 0.15) is 5.50 Å². The molecule has 1 heterocycles. The summed E-state index contributed by atoms with van der Waals surface area (Å²) < 4.78 is 4.76. The summed E-state index contributed by atoms with van der Waals surface area (Å²) in [4.78, 5) is 12.5. The standard InChI is InChI=1S/C7H9Cl2NO2/c1-2-12-7(11)10-4-3-5(8)6(10)9/h3,6H,2,4H2,1H3. The summed E-state index contributed by atoms with van der Waals surface area (Å²) in [6.07, 6.45) is 1.26. The largest absolute Gasteiger partial charge is 0.450 e. The number of halogens is 2. The zero-order valence-electron chi connectivity index (χ0n) is 6.59. The van der Waals surface area contributed by atoms with E-state index in [1.165, 1.54) is 4.90 Å². The molecule has 1 rings (SSSR count). The molecule has 0 aromatic carbocycles. The average Bonchev–Trinajstić information content (AvgIpc) is 2.34. The van der Waals surface area contributed by atoms with Crippen LogP contribution in [-0.2, 0) is 4.74 Å². The summed E-state index contributed by atoms with van der Waals surface area (Å²) in [5.41, 5.74) is -0.564. The van der Waals surface area contributed by atoms with Gasteiger partial charge in [-0.15, -0.1) is 0 Å². The lowest BCUT2D eigenvalue weighted by Gasteiger charge is -2.19. The fraction of sp³-hybridized carbons (Fsp3) is 0.571. The van der Waals surface area contributed by atoms with E-state index in [1.54, 1.807) is 13.0 Å². The molecule has 1 unspecified atom stereocenters. The first-order valence-electron chi connectivity index (χ1n) is 3.59. The van der Waals surface area contributed by atoms with Crippen LogP contribution in [0.3, 0.4) is 0 Å². The Balaban J connectivity index is 2.51. The van der Waals surface area contributed by atoms with E-state index in [1.807, 2.05) is 0 Å². The normalized spacial score (nSPS) is 22.4. The number of carbonyl (C=O) groups excluding carboxylic acids is 1. The minimum Gasteiger partial charge on any atom is -0.450 e. The van der Waals surface area contributed by atoms with Crippen molar-refractivity contribution in [1.29, 1.82) is 0 Å². The quantitative estimate of drug-likeness (QED) is 0.490. The predicted octanol–water partition coefficient (Wildman–Crippen LogP) is 2.15. The van der Waals surface area contributed by atoms with Crippen molar-refractivity contribution in [3.8, 4) is 0 Å². The van der Waals surface area contributed by atoms with Crippen LogP contribution in [0.5, 0.6) is 0 Å². The molecule has 0 spiro atoms. The van der Waals surface area contributed by atoms with Gasteiger partial charge in [-0.25, -0.2) is 4.79 Å². The maximum atomic E-state index is 11.1. The fourth-order valence-electron chi connectivity index (χ4n) is 0.898. The number of hydrogen-bond donors (Lipinski definition) is 0. The Morgan fingerprint density at radius 2 is 2.58 bits per heavy atom. The molecule has 1 aliphatic rings. The van der Waals surface area contributed by atoms with Gasteiger partial charge in [0.2, 0.25) is 0 Å². The van der Waals surface area contributed by atoms with Crippen molar-refractivity contribution in [2.45, 2.75) is 12.4 Å². The molecule has 0 aromatic rings. The number of ether oxygens (including phenoxy) is 1. The lowest BCUT2D eigenvalue weighted by molar-refractivity contribution is 0.114. The molecule has 1 atom stereocenters. The molecule has 68 valence electrons. The average molecular weight is 210 g/mol. The molecule has 0 bridgehead atoms. The lowest BCUT2D eigenvalue weighted by Crippen LogP contribution is -2.34. The minimum atomic E-state index is -0.564. The summed E-state index contributed by atoms with van der Waals surface area (Å²) >= 11 is 11.5. The van der Waals surface area contributed by atoms with Gasteiger partial charge in [0.05, 0.1) is 11.6 Å². The first kappa shape index (κ1) is 9.68. The molecule has 0 N–H and O–H groups in total. The number of carbonyl (C=O) groups is 1. The Bertz CT molecular complexity index is 217. The van der Waals surface area contributed by atoms with Gasteiger partial charge >= 0.3 is 6.09 Å². The summed E-state index contributed by atoms with van der Waals surface area (Å²) in [7, 11) is 0. The molecule has 0 fully saturated rings. The highest BCUT2D eigenvalue weighted by Gasteiger charge is 2.29. The smallest absolute Gasteiger partial charge is 0.411 e. The first-order valence-corrected chi connectivity index (χ1v) is 4.41. The molecular formula is C7H9Cl2NO2.